The van der Waals surface area contributed by atoms with Gasteiger partial charge in [-0.2, -0.15) is 0 Å². The molecule has 0 aliphatic heterocycles. The third-order valence-electron chi connectivity index (χ3n) is 2.95. The lowest BCUT2D eigenvalue weighted by Crippen LogP contribution is -2.14. The van der Waals surface area contributed by atoms with Gasteiger partial charge in [-0.05, 0) is 31.2 Å². The van der Waals surface area contributed by atoms with Crippen molar-refractivity contribution >= 4 is 11.6 Å². The highest BCUT2D eigenvalue weighted by atomic mass is 16.5. The summed E-state index contributed by atoms with van der Waals surface area (Å²) in [5.41, 5.74) is 2.12. The molecule has 0 aliphatic rings. The fourth-order valence-corrected chi connectivity index (χ4v) is 1.94. The molecule has 2 aromatic rings. The fraction of sp³-hybridized carbons (Fsp3) is 0.188. The summed E-state index contributed by atoms with van der Waals surface area (Å²) < 4.78 is 10.4. The van der Waals surface area contributed by atoms with Crippen LogP contribution in [0.25, 0.3) is 0 Å². The van der Waals surface area contributed by atoms with E-state index in [1.54, 1.807) is 38.5 Å². The van der Waals surface area contributed by atoms with Gasteiger partial charge < -0.3 is 14.8 Å². The molecule has 20 heavy (non-hydrogen) atoms. The number of ether oxygens (including phenoxy) is 2. The average Bonchev–Trinajstić information content (AvgIpc) is 2.47. The molecule has 0 fully saturated rings. The summed E-state index contributed by atoms with van der Waals surface area (Å²) in [5.74, 6) is 0.936. The molecule has 0 saturated carbocycles. The van der Waals surface area contributed by atoms with E-state index in [9.17, 15) is 4.79 Å². The Labute approximate surface area is 118 Å². The summed E-state index contributed by atoms with van der Waals surface area (Å²) in [6, 6.07) is 12.8. The molecule has 0 radical (unpaired) electrons. The minimum atomic E-state index is -0.227. The van der Waals surface area contributed by atoms with E-state index in [1.165, 1.54) is 0 Å². The first-order valence-corrected chi connectivity index (χ1v) is 6.24. The van der Waals surface area contributed by atoms with E-state index in [2.05, 4.69) is 5.32 Å². The van der Waals surface area contributed by atoms with Gasteiger partial charge in [0.05, 0.1) is 25.5 Å². The van der Waals surface area contributed by atoms with Gasteiger partial charge >= 0.3 is 0 Å². The molecule has 4 nitrogen and oxygen atoms in total. The van der Waals surface area contributed by atoms with Crippen LogP contribution in [0.4, 0.5) is 5.69 Å². The van der Waals surface area contributed by atoms with Gasteiger partial charge in [0, 0.05) is 0 Å². The third-order valence-corrected chi connectivity index (χ3v) is 2.95. The summed E-state index contributed by atoms with van der Waals surface area (Å²) in [6.45, 7) is 1.93. The lowest BCUT2D eigenvalue weighted by Gasteiger charge is -2.12. The molecule has 2 rings (SSSR count). The molecule has 0 unspecified atom stereocenters. The fourth-order valence-electron chi connectivity index (χ4n) is 1.94. The summed E-state index contributed by atoms with van der Waals surface area (Å²) in [6.07, 6.45) is 0. The van der Waals surface area contributed by atoms with Crippen molar-refractivity contribution in [3.8, 4) is 11.5 Å². The zero-order valence-corrected chi connectivity index (χ0v) is 11.8. The molecule has 0 saturated heterocycles. The van der Waals surface area contributed by atoms with Gasteiger partial charge in [-0.3, -0.25) is 4.79 Å². The maximum Gasteiger partial charge on any atom is 0.259 e. The van der Waals surface area contributed by atoms with Crippen molar-refractivity contribution in [1.29, 1.82) is 0 Å². The predicted molar refractivity (Wildman–Crippen MR) is 78.7 cm³/mol. The van der Waals surface area contributed by atoms with Crippen LogP contribution in [0.5, 0.6) is 11.5 Å². The van der Waals surface area contributed by atoms with E-state index in [-0.39, 0.29) is 5.91 Å². The first kappa shape index (κ1) is 13.9. The van der Waals surface area contributed by atoms with Crippen molar-refractivity contribution in [1.82, 2.24) is 0 Å². The summed E-state index contributed by atoms with van der Waals surface area (Å²) in [7, 11) is 3.11. The van der Waals surface area contributed by atoms with Gasteiger partial charge in [-0.25, -0.2) is 0 Å². The third kappa shape index (κ3) is 2.91. The zero-order valence-electron chi connectivity index (χ0n) is 11.8. The van der Waals surface area contributed by atoms with Crippen LogP contribution in [0, 0.1) is 6.92 Å². The van der Waals surface area contributed by atoms with E-state index in [0.717, 1.165) is 5.56 Å². The second-order valence-electron chi connectivity index (χ2n) is 4.36. The van der Waals surface area contributed by atoms with E-state index in [0.29, 0.717) is 22.7 Å². The molecular formula is C16H17NO3. The van der Waals surface area contributed by atoms with E-state index >= 15 is 0 Å². The van der Waals surface area contributed by atoms with Gasteiger partial charge in [-0.1, -0.05) is 23.8 Å². The molecule has 0 heterocycles. The Hall–Kier alpha value is -2.49. The number of methoxy groups -OCH3 is 2. The Morgan fingerprint density at radius 1 is 1.00 bits per heavy atom. The molecular weight excluding hydrogens is 254 g/mol. The van der Waals surface area contributed by atoms with Crippen LogP contribution in [0.1, 0.15) is 15.9 Å². The first-order valence-electron chi connectivity index (χ1n) is 6.24. The second kappa shape index (κ2) is 6.10. The Morgan fingerprint density at radius 3 is 2.40 bits per heavy atom. The van der Waals surface area contributed by atoms with Crippen molar-refractivity contribution < 1.29 is 14.3 Å². The maximum absolute atomic E-state index is 12.4. The number of carbonyl (C=O) groups excluding carboxylic acids is 1. The van der Waals surface area contributed by atoms with Crippen LogP contribution >= 0.6 is 0 Å². The monoisotopic (exact) mass is 271 g/mol. The quantitative estimate of drug-likeness (QED) is 0.928. The van der Waals surface area contributed by atoms with Crippen molar-refractivity contribution in [2.45, 2.75) is 6.92 Å². The van der Waals surface area contributed by atoms with E-state index in [4.69, 9.17) is 9.47 Å². The number of amides is 1. The Morgan fingerprint density at radius 2 is 1.70 bits per heavy atom. The molecule has 104 valence electrons. The summed E-state index contributed by atoms with van der Waals surface area (Å²) in [5, 5.41) is 2.84. The number of rotatable bonds is 4. The molecule has 0 aliphatic carbocycles. The highest BCUT2D eigenvalue weighted by Gasteiger charge is 2.14. The molecule has 1 N–H and O–H groups in total. The van der Waals surface area contributed by atoms with Crippen molar-refractivity contribution in [2.24, 2.45) is 0 Å². The Kier molecular flexibility index (Phi) is 4.25. The standard InChI is InChI=1S/C16H17NO3/c1-11-8-9-14(19-2)12(10-11)16(18)17-13-6-4-5-7-15(13)20-3/h4-10H,1-3H3,(H,17,18). The van der Waals surface area contributed by atoms with Gasteiger partial charge in [0.2, 0.25) is 0 Å². The number of hydrogen-bond acceptors (Lipinski definition) is 3. The lowest BCUT2D eigenvalue weighted by atomic mass is 10.1. The van der Waals surface area contributed by atoms with Gasteiger partial charge in [0.1, 0.15) is 11.5 Å². The summed E-state index contributed by atoms with van der Waals surface area (Å²) >= 11 is 0. The van der Waals surface area contributed by atoms with Crippen LogP contribution in [0.15, 0.2) is 42.5 Å². The number of carbonyl (C=O) groups is 1. The largest absolute Gasteiger partial charge is 0.496 e. The van der Waals surface area contributed by atoms with Crippen molar-refractivity contribution in [3.05, 3.63) is 53.6 Å². The molecule has 0 spiro atoms. The zero-order chi connectivity index (χ0) is 14.5. The number of benzene rings is 2. The van der Waals surface area contributed by atoms with Gasteiger partial charge in [0.15, 0.2) is 0 Å². The molecule has 0 atom stereocenters. The normalized spacial score (nSPS) is 9.95. The van der Waals surface area contributed by atoms with Crippen molar-refractivity contribution in [3.63, 3.8) is 0 Å². The highest BCUT2D eigenvalue weighted by Crippen LogP contribution is 2.26. The number of nitrogens with one attached hydrogen (secondary N) is 1. The van der Waals surface area contributed by atoms with Gasteiger partial charge in [0.25, 0.3) is 5.91 Å². The van der Waals surface area contributed by atoms with Crippen LogP contribution in [0.3, 0.4) is 0 Å². The number of para-hydroxylation sites is 2. The molecule has 0 aromatic heterocycles. The first-order chi connectivity index (χ1) is 9.65. The second-order valence-corrected chi connectivity index (χ2v) is 4.36. The Bertz CT molecular complexity index is 623. The number of aryl methyl sites for hydroxylation is 1. The molecule has 1 amide bonds. The molecule has 2 aromatic carbocycles. The topological polar surface area (TPSA) is 47.6 Å². The number of hydrogen-bond donors (Lipinski definition) is 1. The number of anilines is 1. The Balaban J connectivity index is 2.30. The highest BCUT2D eigenvalue weighted by molar-refractivity contribution is 6.07. The van der Waals surface area contributed by atoms with Crippen LogP contribution in [0.2, 0.25) is 0 Å². The van der Waals surface area contributed by atoms with Crippen LogP contribution < -0.4 is 14.8 Å². The van der Waals surface area contributed by atoms with Gasteiger partial charge in [-0.15, -0.1) is 0 Å². The smallest absolute Gasteiger partial charge is 0.259 e. The lowest BCUT2D eigenvalue weighted by molar-refractivity contribution is 0.102. The predicted octanol–water partition coefficient (Wildman–Crippen LogP) is 3.26. The van der Waals surface area contributed by atoms with Crippen molar-refractivity contribution in [2.75, 3.05) is 19.5 Å². The minimum Gasteiger partial charge on any atom is -0.496 e. The van der Waals surface area contributed by atoms with Crippen LogP contribution in [-0.2, 0) is 0 Å². The minimum absolute atomic E-state index is 0.227. The average molecular weight is 271 g/mol. The summed E-state index contributed by atoms with van der Waals surface area (Å²) in [4.78, 5) is 12.4. The maximum atomic E-state index is 12.4. The van der Waals surface area contributed by atoms with E-state index in [1.807, 2.05) is 25.1 Å². The molecule has 4 heteroatoms. The molecule has 0 bridgehead atoms. The van der Waals surface area contributed by atoms with Crippen LogP contribution in [-0.4, -0.2) is 20.1 Å². The van der Waals surface area contributed by atoms with E-state index < -0.39 is 0 Å². The SMILES string of the molecule is COc1ccccc1NC(=O)c1cc(C)ccc1OC.